The number of phosphoric acid groups is 1. The Kier molecular flexibility index (Phi) is 34.9. The van der Waals surface area contributed by atoms with E-state index in [9.17, 15) is 24.2 Å². The highest BCUT2D eigenvalue weighted by atomic mass is 31.2. The minimum Gasteiger partial charge on any atom is -0.756 e. The molecule has 1 N–H and O–H groups in total. The third-order valence-corrected chi connectivity index (χ3v) is 9.92. The lowest BCUT2D eigenvalue weighted by molar-refractivity contribution is -0.870. The highest BCUT2D eigenvalue weighted by Gasteiger charge is 2.22. The Bertz CT molecular complexity index is 1100. The van der Waals surface area contributed by atoms with E-state index in [0.717, 1.165) is 38.5 Å². The summed E-state index contributed by atoms with van der Waals surface area (Å²) in [4.78, 5) is 37.5. The predicted molar refractivity (Wildman–Crippen MR) is 223 cm³/mol. The molecule has 0 aliphatic carbocycles. The van der Waals surface area contributed by atoms with Crippen molar-refractivity contribution in [3.8, 4) is 0 Å². The van der Waals surface area contributed by atoms with Crippen LogP contribution in [0.4, 0.5) is 0 Å². The minimum absolute atomic E-state index is 0.00295. The number of allylic oxidation sites excluding steroid dienone is 7. The Labute approximate surface area is 336 Å². The van der Waals surface area contributed by atoms with Gasteiger partial charge in [-0.05, 0) is 44.9 Å². The van der Waals surface area contributed by atoms with E-state index in [1.807, 2.05) is 33.3 Å². The molecule has 11 heteroatoms. The van der Waals surface area contributed by atoms with Gasteiger partial charge in [0.2, 0.25) is 0 Å². The van der Waals surface area contributed by atoms with Gasteiger partial charge in [-0.25, -0.2) is 0 Å². The van der Waals surface area contributed by atoms with E-state index in [0.29, 0.717) is 30.3 Å². The first-order valence-corrected chi connectivity index (χ1v) is 22.9. The van der Waals surface area contributed by atoms with Crippen molar-refractivity contribution < 1.29 is 47.2 Å². The quantitative estimate of drug-likeness (QED) is 0.0162. The second kappa shape index (κ2) is 36.3. The van der Waals surface area contributed by atoms with Crippen molar-refractivity contribution in [3.63, 3.8) is 0 Å². The summed E-state index contributed by atoms with van der Waals surface area (Å²) in [5.41, 5.74) is 0. The van der Waals surface area contributed by atoms with Crippen LogP contribution < -0.4 is 4.89 Å². The maximum absolute atomic E-state index is 12.7. The summed E-state index contributed by atoms with van der Waals surface area (Å²) in [6.07, 6.45) is 37.4. The number of rotatable bonds is 38. The van der Waals surface area contributed by atoms with Crippen LogP contribution in [-0.4, -0.2) is 81.2 Å². The van der Waals surface area contributed by atoms with Crippen LogP contribution in [0.1, 0.15) is 162 Å². The molecule has 0 bridgehead atoms. The fraction of sp³-hybridized carbons (Fsp3) is 0.773. The lowest BCUT2D eigenvalue weighted by Gasteiger charge is -2.28. The van der Waals surface area contributed by atoms with E-state index in [1.54, 1.807) is 12.2 Å². The number of phosphoric ester groups is 1. The normalized spacial score (nSPS) is 14.7. The average molecular weight is 798 g/mol. The SMILES string of the molecule is CCCCC/C=C/C/C=C/C/C=C/C=C\[C@@H](O)CCCC(=O)O[C@H](COC(=O)CCCCCCCCCCCCCCC)COP(=O)([O-])OCC[N+](C)(C)C. The van der Waals surface area contributed by atoms with Crippen molar-refractivity contribution in [3.05, 3.63) is 48.6 Å². The molecule has 0 heterocycles. The summed E-state index contributed by atoms with van der Waals surface area (Å²) in [5, 5.41) is 10.3. The summed E-state index contributed by atoms with van der Waals surface area (Å²) in [6.45, 7) is 3.96. The fourth-order valence-corrected chi connectivity index (χ4v) is 6.25. The number of esters is 2. The van der Waals surface area contributed by atoms with Crippen LogP contribution in [0.5, 0.6) is 0 Å². The van der Waals surface area contributed by atoms with Crippen molar-refractivity contribution in [1.29, 1.82) is 0 Å². The number of carbonyl (C=O) groups is 2. The number of hydrogen-bond donors (Lipinski definition) is 1. The summed E-state index contributed by atoms with van der Waals surface area (Å²) in [7, 11) is 1.05. The smallest absolute Gasteiger partial charge is 0.306 e. The number of aliphatic hydroxyl groups excluding tert-OH is 1. The van der Waals surface area contributed by atoms with Gasteiger partial charge in [0.25, 0.3) is 7.82 Å². The second-order valence-electron chi connectivity index (χ2n) is 15.6. The van der Waals surface area contributed by atoms with E-state index >= 15 is 0 Å². The molecule has 0 aliphatic heterocycles. The molecule has 55 heavy (non-hydrogen) atoms. The van der Waals surface area contributed by atoms with E-state index < -0.39 is 38.6 Å². The molecule has 0 rings (SSSR count). The van der Waals surface area contributed by atoms with E-state index in [-0.39, 0.29) is 26.1 Å². The fourth-order valence-electron chi connectivity index (χ4n) is 5.52. The van der Waals surface area contributed by atoms with Gasteiger partial charge in [0.1, 0.15) is 19.8 Å². The molecular weight excluding hydrogens is 717 g/mol. The van der Waals surface area contributed by atoms with Gasteiger partial charge in [0.05, 0.1) is 33.9 Å². The number of ether oxygens (including phenoxy) is 2. The molecule has 10 nitrogen and oxygen atoms in total. The van der Waals surface area contributed by atoms with Gasteiger partial charge in [-0.2, -0.15) is 0 Å². The molecule has 3 atom stereocenters. The van der Waals surface area contributed by atoms with E-state index in [1.165, 1.54) is 77.0 Å². The van der Waals surface area contributed by atoms with Crippen molar-refractivity contribution in [2.24, 2.45) is 0 Å². The lowest BCUT2D eigenvalue weighted by atomic mass is 10.0. The Morgan fingerprint density at radius 2 is 1.22 bits per heavy atom. The van der Waals surface area contributed by atoms with Gasteiger partial charge >= 0.3 is 11.9 Å². The third-order valence-electron chi connectivity index (χ3n) is 8.96. The Balaban J connectivity index is 4.59. The van der Waals surface area contributed by atoms with Gasteiger partial charge in [-0.15, -0.1) is 0 Å². The van der Waals surface area contributed by atoms with E-state index in [2.05, 4.69) is 38.2 Å². The van der Waals surface area contributed by atoms with Crippen LogP contribution in [0.3, 0.4) is 0 Å². The zero-order chi connectivity index (χ0) is 40.9. The number of nitrogens with zero attached hydrogens (tertiary/aromatic N) is 1. The first-order valence-electron chi connectivity index (χ1n) is 21.5. The number of unbranched alkanes of at least 4 members (excludes halogenated alkanes) is 15. The van der Waals surface area contributed by atoms with Crippen molar-refractivity contribution >= 4 is 19.8 Å². The molecule has 0 aromatic carbocycles. The highest BCUT2D eigenvalue weighted by molar-refractivity contribution is 7.45. The van der Waals surface area contributed by atoms with Crippen LogP contribution in [0.25, 0.3) is 0 Å². The predicted octanol–water partition coefficient (Wildman–Crippen LogP) is 10.2. The standard InChI is InChI=1S/C44H80NO9P/c1-6-8-10-12-14-16-18-20-22-24-26-28-30-33-41(46)34-32-36-44(48)54-42(40-53-55(49,50)52-38-37-45(3,4)5)39-51-43(47)35-31-29-27-25-23-21-19-17-15-13-11-9-7-2/h14,16,20,22,26,28,30,33,41-42,46H,6-13,15,17-19,21,23-25,27,29,31-32,34-40H2,1-5H3/b16-14+,22-20+,28-26+,33-30-/t41-,42-/m1/s1. The van der Waals surface area contributed by atoms with Gasteiger partial charge in [-0.1, -0.05) is 152 Å². The van der Waals surface area contributed by atoms with Gasteiger partial charge in [0.15, 0.2) is 6.10 Å². The first kappa shape index (κ1) is 52.9. The molecule has 0 aromatic rings. The zero-order valence-electron chi connectivity index (χ0n) is 35.5. The number of carbonyl (C=O) groups excluding carboxylic acids is 2. The lowest BCUT2D eigenvalue weighted by Crippen LogP contribution is -2.37. The van der Waals surface area contributed by atoms with Gasteiger partial charge in [0, 0.05) is 12.8 Å². The summed E-state index contributed by atoms with van der Waals surface area (Å²) < 4.78 is 33.7. The van der Waals surface area contributed by atoms with Crippen molar-refractivity contribution in [2.75, 3.05) is 47.5 Å². The summed E-state index contributed by atoms with van der Waals surface area (Å²) in [6, 6.07) is 0. The zero-order valence-corrected chi connectivity index (χ0v) is 36.4. The van der Waals surface area contributed by atoms with Crippen LogP contribution in [-0.2, 0) is 32.7 Å². The topological polar surface area (TPSA) is 131 Å². The summed E-state index contributed by atoms with van der Waals surface area (Å²) >= 11 is 0. The van der Waals surface area contributed by atoms with Crippen molar-refractivity contribution in [2.45, 2.75) is 174 Å². The molecule has 1 unspecified atom stereocenters. The Morgan fingerprint density at radius 3 is 1.84 bits per heavy atom. The molecule has 0 amide bonds. The molecule has 0 aliphatic rings. The van der Waals surface area contributed by atoms with Crippen LogP contribution in [0.2, 0.25) is 0 Å². The maximum atomic E-state index is 12.7. The average Bonchev–Trinajstić information content (AvgIpc) is 3.12. The number of hydrogen-bond acceptors (Lipinski definition) is 9. The maximum Gasteiger partial charge on any atom is 0.306 e. The van der Waals surface area contributed by atoms with Crippen LogP contribution >= 0.6 is 7.82 Å². The highest BCUT2D eigenvalue weighted by Crippen LogP contribution is 2.38. The third kappa shape index (κ3) is 39.9. The van der Waals surface area contributed by atoms with E-state index in [4.69, 9.17) is 18.5 Å². The van der Waals surface area contributed by atoms with Crippen LogP contribution in [0.15, 0.2) is 48.6 Å². The van der Waals surface area contributed by atoms with Gasteiger partial charge in [-0.3, -0.25) is 14.2 Å². The molecule has 0 aromatic heterocycles. The molecule has 0 saturated heterocycles. The molecule has 320 valence electrons. The Morgan fingerprint density at radius 1 is 0.673 bits per heavy atom. The molecule has 0 fully saturated rings. The van der Waals surface area contributed by atoms with Crippen LogP contribution in [0, 0.1) is 0 Å². The Hall–Kier alpha value is -2.07. The molecular formula is C44H80NO9P. The number of aliphatic hydroxyl groups is 1. The number of likely N-dealkylation sites (N-methyl/N-ethyl adjacent to an activating group) is 1. The second-order valence-corrected chi connectivity index (χ2v) is 17.0. The number of quaternary nitrogens is 1. The first-order chi connectivity index (χ1) is 26.4. The molecule has 0 radical (unpaired) electrons. The largest absolute Gasteiger partial charge is 0.756 e. The minimum atomic E-state index is -4.68. The van der Waals surface area contributed by atoms with Crippen molar-refractivity contribution in [1.82, 2.24) is 0 Å². The van der Waals surface area contributed by atoms with Gasteiger partial charge < -0.3 is 33.0 Å². The molecule has 0 saturated carbocycles. The summed E-state index contributed by atoms with van der Waals surface area (Å²) in [5.74, 6) is -1.04. The molecule has 0 spiro atoms. The monoisotopic (exact) mass is 798 g/mol.